The van der Waals surface area contributed by atoms with Gasteiger partial charge in [-0.25, -0.2) is 0 Å². The third-order valence-electron chi connectivity index (χ3n) is 4.07. The first-order chi connectivity index (χ1) is 14.0. The highest BCUT2D eigenvalue weighted by Crippen LogP contribution is 2.18. The lowest BCUT2D eigenvalue weighted by atomic mass is 10.1. The van der Waals surface area contributed by atoms with E-state index in [4.69, 9.17) is 9.15 Å². The van der Waals surface area contributed by atoms with Gasteiger partial charge in [-0.3, -0.25) is 20.4 Å². The van der Waals surface area contributed by atoms with Crippen molar-refractivity contribution in [3.05, 3.63) is 65.5 Å². The minimum atomic E-state index is -0.416. The van der Waals surface area contributed by atoms with Crippen LogP contribution in [0.5, 0.6) is 5.75 Å². The number of aryl methyl sites for hydroxylation is 2. The van der Waals surface area contributed by atoms with Gasteiger partial charge in [0.2, 0.25) is 17.7 Å². The van der Waals surface area contributed by atoms with Crippen molar-refractivity contribution in [2.45, 2.75) is 26.7 Å². The highest BCUT2D eigenvalue weighted by Gasteiger charge is 2.12. The molecule has 0 unspecified atom stereocenters. The lowest BCUT2D eigenvalue weighted by Gasteiger charge is -2.07. The Morgan fingerprint density at radius 1 is 1.00 bits per heavy atom. The Labute approximate surface area is 168 Å². The number of hydrogen-bond donors (Lipinski definition) is 2. The summed E-state index contributed by atoms with van der Waals surface area (Å²) in [7, 11) is 0. The van der Waals surface area contributed by atoms with Gasteiger partial charge in [0.15, 0.2) is 0 Å². The maximum absolute atomic E-state index is 12.1. The number of hydrazine groups is 1. The van der Waals surface area contributed by atoms with Gasteiger partial charge in [-0.05, 0) is 50.2 Å². The van der Waals surface area contributed by atoms with E-state index in [1.54, 1.807) is 24.3 Å². The van der Waals surface area contributed by atoms with Crippen LogP contribution in [0.25, 0.3) is 11.5 Å². The van der Waals surface area contributed by atoms with Crippen LogP contribution in [0.15, 0.2) is 52.9 Å². The molecule has 29 heavy (non-hydrogen) atoms. The van der Waals surface area contributed by atoms with Crippen LogP contribution in [-0.4, -0.2) is 28.6 Å². The maximum atomic E-state index is 12.1. The number of nitrogens with zero attached hydrogens (tertiary/aromatic N) is 2. The van der Waals surface area contributed by atoms with Crippen LogP contribution in [0, 0.1) is 6.92 Å². The monoisotopic (exact) mass is 394 g/mol. The van der Waals surface area contributed by atoms with Crippen LogP contribution in [0.3, 0.4) is 0 Å². The van der Waals surface area contributed by atoms with Crippen LogP contribution in [0.1, 0.15) is 35.2 Å². The van der Waals surface area contributed by atoms with E-state index in [0.717, 1.165) is 11.1 Å². The van der Waals surface area contributed by atoms with Crippen molar-refractivity contribution in [2.24, 2.45) is 0 Å². The Morgan fingerprint density at radius 3 is 2.41 bits per heavy atom. The summed E-state index contributed by atoms with van der Waals surface area (Å²) in [6.45, 7) is 4.43. The first-order valence-corrected chi connectivity index (χ1v) is 9.26. The molecular weight excluding hydrogens is 372 g/mol. The molecule has 8 nitrogen and oxygen atoms in total. The molecule has 2 amide bonds. The molecule has 0 saturated heterocycles. The molecule has 150 valence electrons. The van der Waals surface area contributed by atoms with Gasteiger partial charge >= 0.3 is 0 Å². The van der Waals surface area contributed by atoms with Crippen molar-refractivity contribution in [3.63, 3.8) is 0 Å². The highest BCUT2D eigenvalue weighted by molar-refractivity contribution is 5.95. The fourth-order valence-corrected chi connectivity index (χ4v) is 2.52. The van der Waals surface area contributed by atoms with Crippen molar-refractivity contribution in [2.75, 3.05) is 6.61 Å². The second-order valence-corrected chi connectivity index (χ2v) is 6.33. The number of rotatable bonds is 7. The Balaban J connectivity index is 1.45. The molecule has 0 aliphatic carbocycles. The van der Waals surface area contributed by atoms with Gasteiger partial charge in [0.05, 0.1) is 6.61 Å². The maximum Gasteiger partial charge on any atom is 0.269 e. The number of ether oxygens (including phenoxy) is 1. The predicted molar refractivity (Wildman–Crippen MR) is 106 cm³/mol. The van der Waals surface area contributed by atoms with Crippen LogP contribution in [0.2, 0.25) is 0 Å². The number of aromatic nitrogens is 2. The standard InChI is InChI=1S/C21H22N4O4/c1-3-28-17-10-8-15(9-11-17)20(27)24-22-18(26)12-13-19-23-25-21(29-19)16-6-4-14(2)5-7-16/h4-11H,3,12-13H2,1-2H3,(H,22,26)(H,24,27). The van der Waals surface area contributed by atoms with Crippen molar-refractivity contribution in [1.82, 2.24) is 21.0 Å². The molecule has 0 atom stereocenters. The summed E-state index contributed by atoms with van der Waals surface area (Å²) in [6.07, 6.45) is 0.364. The third-order valence-corrected chi connectivity index (χ3v) is 4.07. The second kappa shape index (κ2) is 9.50. The van der Waals surface area contributed by atoms with E-state index in [1.807, 2.05) is 38.1 Å². The Morgan fingerprint density at radius 2 is 1.72 bits per heavy atom. The third kappa shape index (κ3) is 5.65. The van der Waals surface area contributed by atoms with Crippen molar-refractivity contribution in [3.8, 4) is 17.2 Å². The Kier molecular flexibility index (Phi) is 6.57. The van der Waals surface area contributed by atoms with Gasteiger partial charge in [0.25, 0.3) is 5.91 Å². The molecule has 2 N–H and O–H groups in total. The number of hydrogen-bond acceptors (Lipinski definition) is 6. The minimum absolute atomic E-state index is 0.0963. The fraction of sp³-hybridized carbons (Fsp3) is 0.238. The molecule has 0 aliphatic rings. The summed E-state index contributed by atoms with van der Waals surface area (Å²) >= 11 is 0. The van der Waals surface area contributed by atoms with E-state index in [2.05, 4.69) is 21.0 Å². The normalized spacial score (nSPS) is 10.4. The van der Waals surface area contributed by atoms with E-state index in [9.17, 15) is 9.59 Å². The lowest BCUT2D eigenvalue weighted by molar-refractivity contribution is -0.121. The molecule has 2 aromatic carbocycles. The largest absolute Gasteiger partial charge is 0.494 e. The molecule has 0 saturated carbocycles. The first kappa shape index (κ1) is 20.1. The number of carbonyl (C=O) groups excluding carboxylic acids is 2. The molecule has 8 heteroatoms. The molecule has 0 radical (unpaired) electrons. The molecule has 0 aliphatic heterocycles. The summed E-state index contributed by atoms with van der Waals surface area (Å²) in [6, 6.07) is 14.4. The van der Waals surface area contributed by atoms with E-state index >= 15 is 0 Å². The number of amides is 2. The van der Waals surface area contributed by atoms with Crippen LogP contribution in [0.4, 0.5) is 0 Å². The molecule has 1 aromatic heterocycles. The van der Waals surface area contributed by atoms with Crippen LogP contribution < -0.4 is 15.6 Å². The van der Waals surface area contributed by atoms with Crippen molar-refractivity contribution < 1.29 is 18.7 Å². The van der Waals surface area contributed by atoms with Gasteiger partial charge in [-0.2, -0.15) is 0 Å². The van der Waals surface area contributed by atoms with Gasteiger partial charge in [0.1, 0.15) is 5.75 Å². The summed E-state index contributed by atoms with van der Waals surface area (Å²) in [5, 5.41) is 7.96. The molecule has 0 fully saturated rings. The van der Waals surface area contributed by atoms with E-state index in [1.165, 1.54) is 0 Å². The summed E-state index contributed by atoms with van der Waals surface area (Å²) in [5.41, 5.74) is 7.12. The predicted octanol–water partition coefficient (Wildman–Crippen LogP) is 2.84. The quantitative estimate of drug-likeness (QED) is 0.597. The molecule has 0 spiro atoms. The summed E-state index contributed by atoms with van der Waals surface area (Å²) in [4.78, 5) is 24.0. The van der Waals surface area contributed by atoms with Gasteiger partial charge in [-0.1, -0.05) is 17.7 Å². The molecule has 3 rings (SSSR count). The molecule has 1 heterocycles. The number of benzene rings is 2. The average Bonchev–Trinajstić information content (AvgIpc) is 3.21. The Bertz CT molecular complexity index is 965. The lowest BCUT2D eigenvalue weighted by Crippen LogP contribution is -2.41. The minimum Gasteiger partial charge on any atom is -0.494 e. The number of carbonyl (C=O) groups is 2. The van der Waals surface area contributed by atoms with Gasteiger partial charge < -0.3 is 9.15 Å². The zero-order chi connectivity index (χ0) is 20.6. The van der Waals surface area contributed by atoms with Crippen LogP contribution >= 0.6 is 0 Å². The van der Waals surface area contributed by atoms with E-state index in [0.29, 0.717) is 29.7 Å². The number of nitrogens with one attached hydrogen (secondary N) is 2. The highest BCUT2D eigenvalue weighted by atomic mass is 16.5. The van der Waals surface area contributed by atoms with Crippen LogP contribution in [-0.2, 0) is 11.2 Å². The SMILES string of the molecule is CCOc1ccc(C(=O)NNC(=O)CCc2nnc(-c3ccc(C)cc3)o2)cc1. The smallest absolute Gasteiger partial charge is 0.269 e. The molecule has 3 aromatic rings. The molecular formula is C21H22N4O4. The topological polar surface area (TPSA) is 106 Å². The van der Waals surface area contributed by atoms with Crippen molar-refractivity contribution >= 4 is 11.8 Å². The average molecular weight is 394 g/mol. The molecule has 0 bridgehead atoms. The fourth-order valence-electron chi connectivity index (χ4n) is 2.52. The van der Waals surface area contributed by atoms with Gasteiger partial charge in [-0.15, -0.1) is 10.2 Å². The van der Waals surface area contributed by atoms with E-state index < -0.39 is 5.91 Å². The zero-order valence-corrected chi connectivity index (χ0v) is 16.3. The first-order valence-electron chi connectivity index (χ1n) is 9.26. The van der Waals surface area contributed by atoms with Crippen molar-refractivity contribution in [1.29, 1.82) is 0 Å². The van der Waals surface area contributed by atoms with Gasteiger partial charge in [0, 0.05) is 24.0 Å². The summed E-state index contributed by atoms with van der Waals surface area (Å²) in [5.74, 6) is 0.663. The second-order valence-electron chi connectivity index (χ2n) is 6.33. The zero-order valence-electron chi connectivity index (χ0n) is 16.3. The Hall–Kier alpha value is -3.68. The summed E-state index contributed by atoms with van der Waals surface area (Å²) < 4.78 is 10.9. The van der Waals surface area contributed by atoms with E-state index in [-0.39, 0.29) is 18.7 Å².